The summed E-state index contributed by atoms with van der Waals surface area (Å²) in [6.07, 6.45) is 4.32. The van der Waals surface area contributed by atoms with Gasteiger partial charge in [0.15, 0.2) is 5.78 Å². The minimum atomic E-state index is -0.231. The van der Waals surface area contributed by atoms with Gasteiger partial charge in [-0.25, -0.2) is 0 Å². The topological polar surface area (TPSA) is 62.3 Å². The maximum Gasteiger partial charge on any atom is 0.257 e. The van der Waals surface area contributed by atoms with Crippen molar-refractivity contribution in [2.45, 2.75) is 26.3 Å². The molecule has 1 amide bonds. The fraction of sp³-hybridized carbons (Fsp3) is 0.174. The number of rotatable bonds is 4. The molecule has 0 fully saturated rings. The summed E-state index contributed by atoms with van der Waals surface area (Å²) >= 11 is 0. The number of nitrogens with zero attached hydrogens (tertiary/aromatic N) is 2. The maximum absolute atomic E-state index is 12.7. The minimum absolute atomic E-state index is 0.00482. The molecule has 0 radical (unpaired) electrons. The molecule has 0 bridgehead atoms. The zero-order chi connectivity index (χ0) is 19.7. The van der Waals surface area contributed by atoms with Crippen LogP contribution in [0.15, 0.2) is 67.0 Å². The number of pyridine rings is 1. The molecule has 140 valence electrons. The molecule has 2 heterocycles. The highest BCUT2D eigenvalue weighted by molar-refractivity contribution is 6.05. The first-order valence-corrected chi connectivity index (χ1v) is 9.27. The van der Waals surface area contributed by atoms with E-state index in [1.807, 2.05) is 12.1 Å². The Bertz CT molecular complexity index is 1040. The lowest BCUT2D eigenvalue weighted by Crippen LogP contribution is -2.24. The van der Waals surface area contributed by atoms with Crippen molar-refractivity contribution in [1.29, 1.82) is 0 Å². The summed E-state index contributed by atoms with van der Waals surface area (Å²) in [5.41, 5.74) is 5.11. The Labute approximate surface area is 164 Å². The third-order valence-corrected chi connectivity index (χ3v) is 5.02. The van der Waals surface area contributed by atoms with E-state index in [-0.39, 0.29) is 11.7 Å². The van der Waals surface area contributed by atoms with Gasteiger partial charge in [-0.05, 0) is 62.2 Å². The number of nitrogens with one attached hydrogen (secondary N) is 1. The molecule has 5 nitrogen and oxygen atoms in total. The summed E-state index contributed by atoms with van der Waals surface area (Å²) in [6.45, 7) is 3.69. The largest absolute Gasteiger partial charge is 0.337 e. The van der Waals surface area contributed by atoms with E-state index in [2.05, 4.69) is 40.3 Å². The van der Waals surface area contributed by atoms with Crippen molar-refractivity contribution >= 4 is 28.8 Å². The number of benzene rings is 2. The quantitative estimate of drug-likeness (QED) is 0.680. The van der Waals surface area contributed by atoms with Crippen molar-refractivity contribution < 1.29 is 9.59 Å². The van der Waals surface area contributed by atoms with Gasteiger partial charge in [-0.2, -0.15) is 0 Å². The molecule has 4 rings (SSSR count). The normalized spacial score (nSPS) is 15.2. The Hall–Kier alpha value is -3.47. The van der Waals surface area contributed by atoms with E-state index in [4.69, 9.17) is 0 Å². The summed E-state index contributed by atoms with van der Waals surface area (Å²) in [5, 5.41) is 2.86. The number of ketones is 1. The standard InChI is InChI=1S/C23H21N3O2/c1-15-11-18-5-3-4-6-22(18)26(15)21-12-19(13-24-14-21)23(28)25-20-9-7-17(8-10-20)16(2)27/h3-10,12-15H,11H2,1-2H3,(H,25,28). The SMILES string of the molecule is CC(=O)c1ccc(NC(=O)c2cncc(N3c4ccccc4CC3C)c2)cc1. The number of fused-ring (bicyclic) bond motifs is 1. The number of carbonyl (C=O) groups is 2. The fourth-order valence-electron chi connectivity index (χ4n) is 3.63. The van der Waals surface area contributed by atoms with Crippen LogP contribution >= 0.6 is 0 Å². The highest BCUT2D eigenvalue weighted by Crippen LogP contribution is 2.37. The van der Waals surface area contributed by atoms with Gasteiger partial charge in [0.25, 0.3) is 5.91 Å². The highest BCUT2D eigenvalue weighted by Gasteiger charge is 2.27. The predicted molar refractivity (Wildman–Crippen MR) is 110 cm³/mol. The van der Waals surface area contributed by atoms with E-state index in [1.54, 1.807) is 36.7 Å². The summed E-state index contributed by atoms with van der Waals surface area (Å²) in [7, 11) is 0. The molecule has 1 aromatic heterocycles. The second kappa shape index (κ2) is 7.27. The van der Waals surface area contributed by atoms with Crippen LogP contribution in [0.2, 0.25) is 0 Å². The molecular weight excluding hydrogens is 350 g/mol. The number of carbonyl (C=O) groups excluding carboxylic acids is 2. The number of hydrogen-bond donors (Lipinski definition) is 1. The minimum Gasteiger partial charge on any atom is -0.337 e. The van der Waals surface area contributed by atoms with Crippen molar-refractivity contribution in [3.8, 4) is 0 Å². The number of hydrogen-bond acceptors (Lipinski definition) is 4. The van der Waals surface area contributed by atoms with Crippen molar-refractivity contribution in [3.05, 3.63) is 83.7 Å². The lowest BCUT2D eigenvalue weighted by molar-refractivity contribution is 0.101. The van der Waals surface area contributed by atoms with E-state index >= 15 is 0 Å². The molecule has 2 aromatic carbocycles. The Morgan fingerprint density at radius 3 is 2.54 bits per heavy atom. The van der Waals surface area contributed by atoms with Crippen LogP contribution in [-0.4, -0.2) is 22.7 Å². The highest BCUT2D eigenvalue weighted by atomic mass is 16.1. The smallest absolute Gasteiger partial charge is 0.257 e. The van der Waals surface area contributed by atoms with Crippen molar-refractivity contribution in [1.82, 2.24) is 4.98 Å². The first-order chi connectivity index (χ1) is 13.5. The predicted octanol–water partition coefficient (Wildman–Crippen LogP) is 4.62. The van der Waals surface area contributed by atoms with E-state index in [0.717, 1.165) is 17.8 Å². The van der Waals surface area contributed by atoms with Crippen LogP contribution in [0, 0.1) is 0 Å². The van der Waals surface area contributed by atoms with E-state index in [0.29, 0.717) is 22.9 Å². The molecule has 0 saturated heterocycles. The van der Waals surface area contributed by atoms with Crippen LogP contribution < -0.4 is 10.2 Å². The first-order valence-electron chi connectivity index (χ1n) is 9.27. The summed E-state index contributed by atoms with van der Waals surface area (Å²) < 4.78 is 0. The van der Waals surface area contributed by atoms with Gasteiger partial charge in [0, 0.05) is 29.2 Å². The van der Waals surface area contributed by atoms with Crippen LogP contribution in [0.1, 0.15) is 40.1 Å². The number of anilines is 3. The third kappa shape index (κ3) is 3.39. The Morgan fingerprint density at radius 2 is 1.79 bits per heavy atom. The summed E-state index contributed by atoms with van der Waals surface area (Å²) in [6, 6.07) is 17.3. The number of para-hydroxylation sites is 1. The Kier molecular flexibility index (Phi) is 4.65. The zero-order valence-electron chi connectivity index (χ0n) is 15.8. The Morgan fingerprint density at radius 1 is 1.04 bits per heavy atom. The molecule has 5 heteroatoms. The molecule has 1 atom stereocenters. The lowest BCUT2D eigenvalue weighted by Gasteiger charge is -2.25. The third-order valence-electron chi connectivity index (χ3n) is 5.02. The number of amides is 1. The van der Waals surface area contributed by atoms with E-state index in [9.17, 15) is 9.59 Å². The van der Waals surface area contributed by atoms with Gasteiger partial charge in [-0.3, -0.25) is 14.6 Å². The molecule has 0 saturated carbocycles. The number of Topliss-reactive ketones (excluding diaryl/α,β-unsaturated/α-hetero) is 1. The molecule has 1 unspecified atom stereocenters. The molecule has 0 spiro atoms. The van der Waals surface area contributed by atoms with Crippen LogP contribution in [0.25, 0.3) is 0 Å². The van der Waals surface area contributed by atoms with Gasteiger partial charge < -0.3 is 10.2 Å². The van der Waals surface area contributed by atoms with Crippen LogP contribution in [0.4, 0.5) is 17.1 Å². The second-order valence-electron chi connectivity index (χ2n) is 7.07. The molecular formula is C23H21N3O2. The van der Waals surface area contributed by atoms with Gasteiger partial charge in [-0.15, -0.1) is 0 Å². The van der Waals surface area contributed by atoms with Crippen molar-refractivity contribution in [3.63, 3.8) is 0 Å². The van der Waals surface area contributed by atoms with Crippen LogP contribution in [0.3, 0.4) is 0 Å². The number of aromatic nitrogens is 1. The van der Waals surface area contributed by atoms with Gasteiger partial charge in [0.2, 0.25) is 0 Å². The average Bonchev–Trinajstić information content (AvgIpc) is 3.04. The van der Waals surface area contributed by atoms with Gasteiger partial charge in [0.1, 0.15) is 0 Å². The van der Waals surface area contributed by atoms with E-state index < -0.39 is 0 Å². The fourth-order valence-corrected chi connectivity index (χ4v) is 3.63. The summed E-state index contributed by atoms with van der Waals surface area (Å²) in [4.78, 5) is 30.6. The van der Waals surface area contributed by atoms with Gasteiger partial charge in [0.05, 0.1) is 17.4 Å². The van der Waals surface area contributed by atoms with Crippen molar-refractivity contribution in [2.24, 2.45) is 0 Å². The Balaban J connectivity index is 1.57. The monoisotopic (exact) mass is 371 g/mol. The van der Waals surface area contributed by atoms with E-state index in [1.165, 1.54) is 12.5 Å². The molecule has 28 heavy (non-hydrogen) atoms. The maximum atomic E-state index is 12.7. The van der Waals surface area contributed by atoms with Crippen molar-refractivity contribution in [2.75, 3.05) is 10.2 Å². The molecule has 1 aliphatic rings. The molecule has 1 aliphatic heterocycles. The molecule has 3 aromatic rings. The average molecular weight is 371 g/mol. The van der Waals surface area contributed by atoms with Crippen LogP contribution in [-0.2, 0) is 6.42 Å². The lowest BCUT2D eigenvalue weighted by atomic mass is 10.1. The second-order valence-corrected chi connectivity index (χ2v) is 7.07. The van der Waals surface area contributed by atoms with Crippen LogP contribution in [0.5, 0.6) is 0 Å². The summed E-state index contributed by atoms with van der Waals surface area (Å²) in [5.74, 6) is -0.236. The van der Waals surface area contributed by atoms with Gasteiger partial charge >= 0.3 is 0 Å². The molecule has 0 aliphatic carbocycles. The molecule has 1 N–H and O–H groups in total. The van der Waals surface area contributed by atoms with Gasteiger partial charge in [-0.1, -0.05) is 18.2 Å². The first kappa shape index (κ1) is 17.9. The zero-order valence-corrected chi connectivity index (χ0v) is 15.8.